The molecule has 0 aliphatic heterocycles. The number of rotatable bonds is 3. The van der Waals surface area contributed by atoms with Crippen molar-refractivity contribution in [2.75, 3.05) is 5.32 Å². The van der Waals surface area contributed by atoms with E-state index in [1.807, 2.05) is 59.3 Å². The van der Waals surface area contributed by atoms with E-state index in [0.29, 0.717) is 16.8 Å². The number of hydrogen-bond donors (Lipinski definition) is 2. The lowest BCUT2D eigenvalue weighted by Crippen LogP contribution is -2.12. The first kappa shape index (κ1) is 15.3. The highest BCUT2D eigenvalue weighted by Crippen LogP contribution is 2.28. The van der Waals surface area contributed by atoms with Gasteiger partial charge in [-0.3, -0.25) is 4.79 Å². The summed E-state index contributed by atoms with van der Waals surface area (Å²) in [4.78, 5) is 17.4. The van der Waals surface area contributed by atoms with Gasteiger partial charge in [0.25, 0.3) is 5.91 Å². The molecule has 27 heavy (non-hydrogen) atoms. The second-order valence-corrected chi connectivity index (χ2v) is 6.12. The molecular weight excluding hydrogens is 340 g/mol. The molecule has 0 spiro atoms. The number of H-pyrrole nitrogens is 1. The van der Waals surface area contributed by atoms with Gasteiger partial charge < -0.3 is 9.72 Å². The third-order valence-corrected chi connectivity index (χ3v) is 4.39. The largest absolute Gasteiger partial charge is 0.321 e. The number of para-hydroxylation sites is 1. The zero-order chi connectivity index (χ0) is 18.2. The predicted octanol–water partition coefficient (Wildman–Crippen LogP) is 3.52. The Labute approximate surface area is 153 Å². The van der Waals surface area contributed by atoms with E-state index in [0.717, 1.165) is 22.4 Å². The van der Waals surface area contributed by atoms with Gasteiger partial charge in [0.15, 0.2) is 0 Å². The van der Waals surface area contributed by atoms with Gasteiger partial charge in [0.05, 0.1) is 11.4 Å². The monoisotopic (exact) mass is 354 g/mol. The molecule has 1 amide bonds. The number of fused-ring (bicyclic) bond motifs is 2. The van der Waals surface area contributed by atoms with Crippen LogP contribution in [0.4, 0.5) is 5.69 Å². The highest BCUT2D eigenvalue weighted by molar-refractivity contribution is 6.07. The van der Waals surface area contributed by atoms with Crippen LogP contribution < -0.4 is 5.32 Å². The van der Waals surface area contributed by atoms with Gasteiger partial charge in [-0.15, -0.1) is 0 Å². The van der Waals surface area contributed by atoms with E-state index in [9.17, 15) is 4.79 Å². The molecule has 0 radical (unpaired) electrons. The number of amides is 1. The molecule has 5 rings (SSSR count). The first-order valence-electron chi connectivity index (χ1n) is 8.43. The molecule has 0 aliphatic rings. The average Bonchev–Trinajstić information content (AvgIpc) is 3.34. The molecule has 2 N–H and O–H groups in total. The SMILES string of the molecule is O=C(Nc1ccccc1-c1cn2ccccc2n1)c1ccc2n[nH]nc2c1. The van der Waals surface area contributed by atoms with Crippen molar-refractivity contribution < 1.29 is 4.79 Å². The van der Waals surface area contributed by atoms with Gasteiger partial charge in [0.2, 0.25) is 0 Å². The lowest BCUT2D eigenvalue weighted by Gasteiger charge is -2.09. The van der Waals surface area contributed by atoms with Crippen LogP contribution in [0.3, 0.4) is 0 Å². The van der Waals surface area contributed by atoms with Gasteiger partial charge in [-0.2, -0.15) is 15.4 Å². The summed E-state index contributed by atoms with van der Waals surface area (Å²) in [6.45, 7) is 0. The summed E-state index contributed by atoms with van der Waals surface area (Å²) in [5, 5.41) is 13.6. The number of carbonyl (C=O) groups is 1. The van der Waals surface area contributed by atoms with Crippen molar-refractivity contribution in [3.8, 4) is 11.3 Å². The molecule has 0 bridgehead atoms. The first-order valence-corrected chi connectivity index (χ1v) is 8.43. The number of carbonyl (C=O) groups excluding carboxylic acids is 1. The number of nitrogens with one attached hydrogen (secondary N) is 2. The molecule has 0 fully saturated rings. The maximum absolute atomic E-state index is 12.7. The number of nitrogens with zero attached hydrogens (tertiary/aromatic N) is 4. The van der Waals surface area contributed by atoms with Crippen LogP contribution in [0.5, 0.6) is 0 Å². The molecule has 0 atom stereocenters. The summed E-state index contributed by atoms with van der Waals surface area (Å²) in [6, 6.07) is 18.7. The molecule has 2 aromatic carbocycles. The van der Waals surface area contributed by atoms with Gasteiger partial charge in [0, 0.05) is 23.5 Å². The van der Waals surface area contributed by atoms with Gasteiger partial charge in [-0.25, -0.2) is 4.98 Å². The number of pyridine rings is 1. The Morgan fingerprint density at radius 3 is 2.74 bits per heavy atom. The van der Waals surface area contributed by atoms with Crippen molar-refractivity contribution in [3.63, 3.8) is 0 Å². The van der Waals surface area contributed by atoms with Crippen LogP contribution in [0.2, 0.25) is 0 Å². The number of hydrogen-bond acceptors (Lipinski definition) is 4. The van der Waals surface area contributed by atoms with Gasteiger partial charge in [0.1, 0.15) is 16.7 Å². The fourth-order valence-corrected chi connectivity index (χ4v) is 3.06. The highest BCUT2D eigenvalue weighted by Gasteiger charge is 2.13. The van der Waals surface area contributed by atoms with Crippen LogP contribution >= 0.6 is 0 Å². The summed E-state index contributed by atoms with van der Waals surface area (Å²) < 4.78 is 1.95. The van der Waals surface area contributed by atoms with Gasteiger partial charge >= 0.3 is 0 Å². The minimum atomic E-state index is -0.212. The standard InChI is InChI=1S/C20H14N6O/c27-20(13-8-9-16-17(11-13)24-25-23-16)22-15-6-2-1-5-14(15)18-12-26-10-4-3-7-19(26)21-18/h1-12H,(H,22,27)(H,23,24,25). The summed E-state index contributed by atoms with van der Waals surface area (Å²) in [7, 11) is 0. The zero-order valence-electron chi connectivity index (χ0n) is 14.1. The molecule has 7 heteroatoms. The lowest BCUT2D eigenvalue weighted by molar-refractivity contribution is 0.102. The van der Waals surface area contributed by atoms with Crippen molar-refractivity contribution >= 4 is 28.3 Å². The predicted molar refractivity (Wildman–Crippen MR) is 102 cm³/mol. The second kappa shape index (κ2) is 6.06. The molecule has 7 nitrogen and oxygen atoms in total. The normalized spacial score (nSPS) is 11.1. The Morgan fingerprint density at radius 1 is 0.963 bits per heavy atom. The Hall–Kier alpha value is -4.00. The molecule has 0 aliphatic carbocycles. The fourth-order valence-electron chi connectivity index (χ4n) is 3.06. The van der Waals surface area contributed by atoms with Crippen molar-refractivity contribution in [1.29, 1.82) is 0 Å². The molecule has 3 aromatic heterocycles. The topological polar surface area (TPSA) is 88.0 Å². The van der Waals surface area contributed by atoms with Crippen molar-refractivity contribution in [2.24, 2.45) is 0 Å². The van der Waals surface area contributed by atoms with Crippen molar-refractivity contribution in [2.45, 2.75) is 0 Å². The van der Waals surface area contributed by atoms with Crippen LogP contribution in [0.1, 0.15) is 10.4 Å². The molecular formula is C20H14N6O. The fraction of sp³-hybridized carbons (Fsp3) is 0. The van der Waals surface area contributed by atoms with E-state index >= 15 is 0 Å². The number of anilines is 1. The van der Waals surface area contributed by atoms with E-state index in [4.69, 9.17) is 0 Å². The van der Waals surface area contributed by atoms with Gasteiger partial charge in [-0.05, 0) is 36.4 Å². The molecule has 130 valence electrons. The van der Waals surface area contributed by atoms with E-state index in [1.54, 1.807) is 18.2 Å². The third-order valence-electron chi connectivity index (χ3n) is 4.39. The summed E-state index contributed by atoms with van der Waals surface area (Å²) in [6.07, 6.45) is 3.89. The number of imidazole rings is 1. The molecule has 0 saturated heterocycles. The van der Waals surface area contributed by atoms with Crippen molar-refractivity contribution in [1.82, 2.24) is 24.8 Å². The Morgan fingerprint density at radius 2 is 1.81 bits per heavy atom. The van der Waals surface area contributed by atoms with Crippen LogP contribution in [0, 0.1) is 0 Å². The molecule has 5 aromatic rings. The molecule has 0 saturated carbocycles. The quantitative estimate of drug-likeness (QED) is 0.519. The third kappa shape index (κ3) is 2.71. The number of aromatic amines is 1. The van der Waals surface area contributed by atoms with E-state index < -0.39 is 0 Å². The summed E-state index contributed by atoms with van der Waals surface area (Å²) >= 11 is 0. The first-order chi connectivity index (χ1) is 13.3. The molecule has 0 unspecified atom stereocenters. The maximum Gasteiger partial charge on any atom is 0.255 e. The second-order valence-electron chi connectivity index (χ2n) is 6.12. The Bertz CT molecular complexity index is 1250. The van der Waals surface area contributed by atoms with Crippen LogP contribution in [-0.4, -0.2) is 30.7 Å². The van der Waals surface area contributed by atoms with Crippen LogP contribution in [-0.2, 0) is 0 Å². The lowest BCUT2D eigenvalue weighted by atomic mass is 10.1. The maximum atomic E-state index is 12.7. The number of benzene rings is 2. The van der Waals surface area contributed by atoms with Crippen LogP contribution in [0.25, 0.3) is 27.9 Å². The summed E-state index contributed by atoms with van der Waals surface area (Å²) in [5.74, 6) is -0.212. The Balaban J connectivity index is 1.51. The van der Waals surface area contributed by atoms with E-state index in [-0.39, 0.29) is 5.91 Å². The highest BCUT2D eigenvalue weighted by atomic mass is 16.1. The van der Waals surface area contributed by atoms with Crippen LogP contribution in [0.15, 0.2) is 73.1 Å². The van der Waals surface area contributed by atoms with E-state index in [1.165, 1.54) is 0 Å². The Kier molecular flexibility index (Phi) is 3.43. The minimum absolute atomic E-state index is 0.212. The minimum Gasteiger partial charge on any atom is -0.321 e. The average molecular weight is 354 g/mol. The number of aromatic nitrogens is 5. The smallest absolute Gasteiger partial charge is 0.255 e. The van der Waals surface area contributed by atoms with E-state index in [2.05, 4.69) is 25.7 Å². The van der Waals surface area contributed by atoms with Crippen molar-refractivity contribution in [3.05, 3.63) is 78.6 Å². The molecule has 3 heterocycles. The van der Waals surface area contributed by atoms with Gasteiger partial charge in [-0.1, -0.05) is 24.3 Å². The zero-order valence-corrected chi connectivity index (χ0v) is 14.1. The summed E-state index contributed by atoms with van der Waals surface area (Å²) in [5.41, 5.74) is 5.09.